The first-order valence-electron chi connectivity index (χ1n) is 4.73. The minimum absolute atomic E-state index is 1.19. The minimum atomic E-state index is 1.19. The zero-order valence-electron chi connectivity index (χ0n) is 7.70. The Hall–Kier alpha value is -1.91. The fraction of sp³-hybridized carbons (Fsp3) is 0. The molecule has 1 aromatic rings. The molecule has 0 spiro atoms. The number of hydrogen-bond acceptors (Lipinski definition) is 0. The molecule has 0 fully saturated rings. The van der Waals surface area contributed by atoms with E-state index in [4.69, 9.17) is 0 Å². The van der Waals surface area contributed by atoms with Crippen LogP contribution in [0.15, 0.2) is 71.5 Å². The summed E-state index contributed by atoms with van der Waals surface area (Å²) < 4.78 is 0. The summed E-state index contributed by atoms with van der Waals surface area (Å²) in [4.78, 5) is 0. The third kappa shape index (κ3) is 1.14. The van der Waals surface area contributed by atoms with E-state index < -0.39 is 0 Å². The molecule has 0 bridgehead atoms. The molecule has 0 amide bonds. The van der Waals surface area contributed by atoms with Gasteiger partial charge in [0.2, 0.25) is 0 Å². The molecule has 0 aromatic heterocycles. The van der Waals surface area contributed by atoms with Gasteiger partial charge in [-0.3, -0.25) is 0 Å². The maximum atomic E-state index is 3.25. The van der Waals surface area contributed by atoms with Crippen LogP contribution in [0.4, 0.5) is 0 Å². The maximum Gasteiger partial charge on any atom is 0.182 e. The van der Waals surface area contributed by atoms with Crippen LogP contribution in [0.3, 0.4) is 0 Å². The Kier molecular flexibility index (Phi) is 1.50. The molecule has 0 aliphatic heterocycles. The molecule has 0 nitrogen and oxygen atoms in total. The van der Waals surface area contributed by atoms with E-state index >= 15 is 0 Å². The third-order valence-corrected chi connectivity index (χ3v) is 2.44. The van der Waals surface area contributed by atoms with Crippen LogP contribution in [0.1, 0.15) is 5.56 Å². The van der Waals surface area contributed by atoms with E-state index in [0.717, 1.165) is 0 Å². The Bertz CT molecular complexity index is 498. The lowest BCUT2D eigenvalue weighted by molar-refractivity contribution is 1.67. The average molecular weight is 177 g/mol. The molecule has 0 N–H and O–H groups in total. The average Bonchev–Trinajstić information content (AvgIpc) is 2.72. The lowest BCUT2D eigenvalue weighted by atomic mass is 10.00. The lowest BCUT2D eigenvalue weighted by Gasteiger charge is -1.95. The quantitative estimate of drug-likeness (QED) is 0.480. The molecule has 2 aliphatic rings. The van der Waals surface area contributed by atoms with Gasteiger partial charge in [-0.1, -0.05) is 18.2 Å². The van der Waals surface area contributed by atoms with Crippen LogP contribution in [-0.4, -0.2) is 0 Å². The summed E-state index contributed by atoms with van der Waals surface area (Å²) in [7, 11) is 0. The highest BCUT2D eigenvalue weighted by atomic mass is 14.2. The van der Waals surface area contributed by atoms with Gasteiger partial charge in [0.05, 0.1) is 5.57 Å². The molecule has 14 heavy (non-hydrogen) atoms. The molecule has 1 aromatic carbocycles. The van der Waals surface area contributed by atoms with E-state index in [9.17, 15) is 0 Å². The van der Waals surface area contributed by atoms with E-state index in [1.807, 2.05) is 12.2 Å². The Morgan fingerprint density at radius 2 is 1.86 bits per heavy atom. The molecule has 0 heteroatoms. The van der Waals surface area contributed by atoms with Crippen LogP contribution in [0.2, 0.25) is 0 Å². The van der Waals surface area contributed by atoms with Gasteiger partial charge in [0.15, 0.2) is 5.56 Å². The van der Waals surface area contributed by atoms with Gasteiger partial charge >= 0.3 is 0 Å². The molecule has 0 unspecified atom stereocenters. The summed E-state index contributed by atoms with van der Waals surface area (Å²) in [5, 5.41) is 0. The van der Waals surface area contributed by atoms with Gasteiger partial charge in [0, 0.05) is 5.57 Å². The van der Waals surface area contributed by atoms with Crippen LogP contribution >= 0.6 is 0 Å². The molecule has 0 radical (unpaired) electrons. The second-order valence-electron chi connectivity index (χ2n) is 3.42. The molecule has 3 rings (SSSR count). The molecule has 0 saturated carbocycles. The van der Waals surface area contributed by atoms with E-state index in [1.165, 1.54) is 22.3 Å². The van der Waals surface area contributed by atoms with Crippen molar-refractivity contribution in [3.63, 3.8) is 0 Å². The van der Waals surface area contributed by atoms with Gasteiger partial charge in [-0.2, -0.15) is 0 Å². The fourth-order valence-corrected chi connectivity index (χ4v) is 1.71. The molecule has 2 aliphatic carbocycles. The van der Waals surface area contributed by atoms with Crippen LogP contribution in [0.25, 0.3) is 5.57 Å². The second kappa shape index (κ2) is 2.80. The first-order chi connectivity index (χ1) is 6.95. The Morgan fingerprint density at radius 1 is 1.07 bits per heavy atom. The van der Waals surface area contributed by atoms with Crippen molar-refractivity contribution in [3.05, 3.63) is 77.1 Å². The van der Waals surface area contributed by atoms with Crippen molar-refractivity contribution in [1.29, 1.82) is 0 Å². The van der Waals surface area contributed by atoms with Crippen molar-refractivity contribution < 1.29 is 0 Å². The number of allylic oxidation sites excluding steroid dienone is 9. The molecule has 64 valence electrons. The van der Waals surface area contributed by atoms with Crippen molar-refractivity contribution in [2.24, 2.45) is 0 Å². The smallest absolute Gasteiger partial charge is 0.100 e. The van der Waals surface area contributed by atoms with Crippen molar-refractivity contribution in [2.45, 2.75) is 0 Å². The van der Waals surface area contributed by atoms with E-state index in [0.29, 0.717) is 0 Å². The van der Waals surface area contributed by atoms with E-state index in [-0.39, 0.29) is 0 Å². The monoisotopic (exact) mass is 177 g/mol. The first kappa shape index (κ1) is 7.49. The Labute approximate surface area is 83.3 Å². The highest BCUT2D eigenvalue weighted by Gasteiger charge is 2.25. The lowest BCUT2D eigenvalue weighted by Crippen LogP contribution is -1.83. The summed E-state index contributed by atoms with van der Waals surface area (Å²) >= 11 is 0. The highest BCUT2D eigenvalue weighted by molar-refractivity contribution is 5.90. The van der Waals surface area contributed by atoms with Crippen LogP contribution in [-0.2, 0) is 0 Å². The predicted octanol–water partition coefficient (Wildman–Crippen LogP) is 3.37. The Balaban J connectivity index is 2.16. The van der Waals surface area contributed by atoms with Crippen molar-refractivity contribution in [2.75, 3.05) is 0 Å². The van der Waals surface area contributed by atoms with Crippen LogP contribution in [0.5, 0.6) is 0 Å². The summed E-state index contributed by atoms with van der Waals surface area (Å²) in [5.74, 6) is 0. The molecular weight excluding hydrogens is 168 g/mol. The molecule has 0 atom stereocenters. The Morgan fingerprint density at radius 3 is 2.43 bits per heavy atom. The van der Waals surface area contributed by atoms with Gasteiger partial charge in [0.25, 0.3) is 0 Å². The van der Waals surface area contributed by atoms with Crippen molar-refractivity contribution in [3.8, 4) is 0 Å². The summed E-state index contributed by atoms with van der Waals surface area (Å²) in [6.45, 7) is 0. The normalized spacial score (nSPS) is 17.4. The standard InChI is InChI=1S/C14H9/c1-2-6-11(5-1)14(13-9-10-13)12-7-3-4-8-12/h1-7,9-10H/q+1. The topological polar surface area (TPSA) is 0 Å². The van der Waals surface area contributed by atoms with Crippen LogP contribution in [0, 0.1) is 0 Å². The predicted molar refractivity (Wildman–Crippen MR) is 59.2 cm³/mol. The number of hydrogen-bond donors (Lipinski definition) is 0. The SMILES string of the molecule is C1=CC=CC=1C(=C1C=CC=C1)c1c[cH+]1. The minimum Gasteiger partial charge on any atom is -0.100 e. The second-order valence-corrected chi connectivity index (χ2v) is 3.42. The summed E-state index contributed by atoms with van der Waals surface area (Å²) in [6, 6.07) is 4.28. The van der Waals surface area contributed by atoms with Crippen molar-refractivity contribution >= 4 is 5.57 Å². The maximum absolute atomic E-state index is 3.25. The van der Waals surface area contributed by atoms with Crippen molar-refractivity contribution in [1.82, 2.24) is 0 Å². The fourth-order valence-electron chi connectivity index (χ4n) is 1.71. The van der Waals surface area contributed by atoms with E-state index in [1.54, 1.807) is 0 Å². The first-order valence-corrected chi connectivity index (χ1v) is 4.73. The third-order valence-electron chi connectivity index (χ3n) is 2.44. The van der Waals surface area contributed by atoms with Crippen LogP contribution < -0.4 is 0 Å². The van der Waals surface area contributed by atoms with Gasteiger partial charge in [-0.25, -0.2) is 0 Å². The molecular formula is C14H9+. The highest BCUT2D eigenvalue weighted by Crippen LogP contribution is 2.34. The molecule has 0 saturated heterocycles. The molecule has 0 heterocycles. The zero-order valence-corrected chi connectivity index (χ0v) is 7.70. The summed E-state index contributed by atoms with van der Waals surface area (Å²) in [5.41, 5.74) is 8.36. The van der Waals surface area contributed by atoms with E-state index in [2.05, 4.69) is 48.2 Å². The number of rotatable bonds is 2. The van der Waals surface area contributed by atoms with Gasteiger partial charge in [0.1, 0.15) is 17.7 Å². The zero-order chi connectivity index (χ0) is 9.38. The van der Waals surface area contributed by atoms with Gasteiger partial charge < -0.3 is 0 Å². The van der Waals surface area contributed by atoms with Gasteiger partial charge in [-0.05, 0) is 24.3 Å². The van der Waals surface area contributed by atoms with Gasteiger partial charge in [-0.15, -0.1) is 5.73 Å². The summed E-state index contributed by atoms with van der Waals surface area (Å²) in [6.07, 6.45) is 14.5. The largest absolute Gasteiger partial charge is 0.182 e.